The lowest BCUT2D eigenvalue weighted by molar-refractivity contribution is 0.177. The van der Waals surface area contributed by atoms with E-state index >= 15 is 0 Å². The summed E-state index contributed by atoms with van der Waals surface area (Å²) in [5.74, 6) is -2.51. The summed E-state index contributed by atoms with van der Waals surface area (Å²) in [6.45, 7) is 0. The van der Waals surface area contributed by atoms with Crippen LogP contribution >= 0.6 is 0 Å². The molecule has 3 aromatic rings. The SMILES string of the molecule is O=c1[nH]c2ccc(C(O)Cc3cccc(F)c3F)cc2o1. The number of fused-ring (bicyclic) bond motifs is 1. The summed E-state index contributed by atoms with van der Waals surface area (Å²) >= 11 is 0. The summed E-state index contributed by atoms with van der Waals surface area (Å²) in [6.07, 6.45) is -1.12. The second kappa shape index (κ2) is 5.14. The Balaban J connectivity index is 1.91. The van der Waals surface area contributed by atoms with Gasteiger partial charge in [-0.15, -0.1) is 0 Å². The molecule has 0 radical (unpaired) electrons. The number of rotatable bonds is 3. The summed E-state index contributed by atoms with van der Waals surface area (Å²) in [6, 6.07) is 8.49. The van der Waals surface area contributed by atoms with Gasteiger partial charge >= 0.3 is 5.76 Å². The first-order chi connectivity index (χ1) is 10.0. The van der Waals surface area contributed by atoms with Gasteiger partial charge in [0, 0.05) is 6.42 Å². The molecule has 0 fully saturated rings. The molecule has 0 amide bonds. The van der Waals surface area contributed by atoms with E-state index in [2.05, 4.69) is 4.98 Å². The normalized spacial score (nSPS) is 12.7. The van der Waals surface area contributed by atoms with E-state index in [0.29, 0.717) is 16.7 Å². The van der Waals surface area contributed by atoms with Crippen LogP contribution in [0.25, 0.3) is 11.1 Å². The molecule has 1 unspecified atom stereocenters. The number of oxazole rings is 1. The van der Waals surface area contributed by atoms with E-state index in [1.54, 1.807) is 12.1 Å². The zero-order valence-electron chi connectivity index (χ0n) is 10.8. The van der Waals surface area contributed by atoms with Gasteiger partial charge in [-0.2, -0.15) is 0 Å². The van der Waals surface area contributed by atoms with Crippen LogP contribution in [0.3, 0.4) is 0 Å². The van der Waals surface area contributed by atoms with Gasteiger partial charge in [-0.25, -0.2) is 13.6 Å². The number of nitrogens with one attached hydrogen (secondary N) is 1. The first kappa shape index (κ1) is 13.5. The van der Waals surface area contributed by atoms with E-state index in [1.807, 2.05) is 0 Å². The van der Waals surface area contributed by atoms with Crippen LogP contribution in [-0.2, 0) is 6.42 Å². The first-order valence-electron chi connectivity index (χ1n) is 6.28. The van der Waals surface area contributed by atoms with Gasteiger partial charge in [0.05, 0.1) is 11.6 Å². The van der Waals surface area contributed by atoms with Crippen LogP contribution in [0, 0.1) is 11.6 Å². The smallest absolute Gasteiger partial charge is 0.408 e. The highest BCUT2D eigenvalue weighted by Crippen LogP contribution is 2.23. The number of halogens is 2. The van der Waals surface area contributed by atoms with Gasteiger partial charge in [0.25, 0.3) is 0 Å². The van der Waals surface area contributed by atoms with Crippen molar-refractivity contribution in [3.05, 3.63) is 69.7 Å². The van der Waals surface area contributed by atoms with Gasteiger partial charge < -0.3 is 9.52 Å². The number of aromatic amines is 1. The van der Waals surface area contributed by atoms with Crippen molar-refractivity contribution in [1.29, 1.82) is 0 Å². The van der Waals surface area contributed by atoms with Gasteiger partial charge in [-0.05, 0) is 29.3 Å². The molecular weight excluding hydrogens is 280 g/mol. The fourth-order valence-electron chi connectivity index (χ4n) is 2.20. The van der Waals surface area contributed by atoms with E-state index in [-0.39, 0.29) is 12.0 Å². The Morgan fingerprint density at radius 2 is 2.05 bits per heavy atom. The predicted octanol–water partition coefficient (Wildman–Crippen LogP) is 2.68. The fraction of sp³-hybridized carbons (Fsp3) is 0.133. The fourth-order valence-corrected chi connectivity index (χ4v) is 2.20. The van der Waals surface area contributed by atoms with Crippen LogP contribution in [-0.4, -0.2) is 10.1 Å². The molecule has 1 atom stereocenters. The summed E-state index contributed by atoms with van der Waals surface area (Å²) in [5, 5.41) is 10.1. The summed E-state index contributed by atoms with van der Waals surface area (Å²) < 4.78 is 31.6. The van der Waals surface area contributed by atoms with Gasteiger partial charge in [-0.1, -0.05) is 18.2 Å². The van der Waals surface area contributed by atoms with Crippen LogP contribution in [0.1, 0.15) is 17.2 Å². The van der Waals surface area contributed by atoms with Crippen LogP contribution in [0.15, 0.2) is 45.6 Å². The van der Waals surface area contributed by atoms with E-state index in [1.165, 1.54) is 18.2 Å². The van der Waals surface area contributed by atoms with Crippen LogP contribution < -0.4 is 5.76 Å². The quantitative estimate of drug-likeness (QED) is 0.779. The lowest BCUT2D eigenvalue weighted by atomic mass is 10.0. The molecule has 6 heteroatoms. The lowest BCUT2D eigenvalue weighted by Gasteiger charge is -2.11. The third-order valence-corrected chi connectivity index (χ3v) is 3.27. The van der Waals surface area contributed by atoms with Crippen LogP contribution in [0.5, 0.6) is 0 Å². The molecule has 2 N–H and O–H groups in total. The topological polar surface area (TPSA) is 66.2 Å². The highest BCUT2D eigenvalue weighted by molar-refractivity contribution is 5.72. The van der Waals surface area contributed by atoms with Crippen LogP contribution in [0.2, 0.25) is 0 Å². The van der Waals surface area contributed by atoms with Crippen molar-refractivity contribution in [3.63, 3.8) is 0 Å². The largest absolute Gasteiger partial charge is 0.417 e. The standard InChI is InChI=1S/C15H11F2NO3/c16-10-3-1-2-9(14(10)17)6-12(19)8-4-5-11-13(7-8)21-15(20)18-11/h1-5,7,12,19H,6H2,(H,18,20). The minimum Gasteiger partial charge on any atom is -0.408 e. The predicted molar refractivity (Wildman–Crippen MR) is 71.9 cm³/mol. The number of aliphatic hydroxyl groups is 1. The molecule has 3 rings (SSSR count). The lowest BCUT2D eigenvalue weighted by Crippen LogP contribution is -2.04. The molecule has 1 aromatic heterocycles. The highest BCUT2D eigenvalue weighted by Gasteiger charge is 2.15. The van der Waals surface area contributed by atoms with E-state index in [0.717, 1.165) is 6.07 Å². The molecule has 0 saturated carbocycles. The first-order valence-corrected chi connectivity index (χ1v) is 6.28. The van der Waals surface area contributed by atoms with Crippen molar-refractivity contribution in [2.75, 3.05) is 0 Å². The molecule has 0 aliphatic heterocycles. The Labute approximate surface area is 117 Å². The van der Waals surface area contributed by atoms with Crippen LogP contribution in [0.4, 0.5) is 8.78 Å². The molecule has 0 bridgehead atoms. The zero-order valence-corrected chi connectivity index (χ0v) is 10.8. The van der Waals surface area contributed by atoms with Crippen molar-refractivity contribution in [2.24, 2.45) is 0 Å². The minimum absolute atomic E-state index is 0.0796. The van der Waals surface area contributed by atoms with Gasteiger partial charge in [0.2, 0.25) is 0 Å². The number of benzene rings is 2. The van der Waals surface area contributed by atoms with E-state index < -0.39 is 23.5 Å². The monoisotopic (exact) mass is 291 g/mol. The second-order valence-electron chi connectivity index (χ2n) is 4.70. The molecule has 4 nitrogen and oxygen atoms in total. The Morgan fingerprint density at radius 3 is 2.86 bits per heavy atom. The van der Waals surface area contributed by atoms with Gasteiger partial charge in [0.15, 0.2) is 17.2 Å². The molecule has 1 heterocycles. The molecule has 21 heavy (non-hydrogen) atoms. The molecule has 2 aromatic carbocycles. The van der Waals surface area contributed by atoms with Crippen molar-refractivity contribution in [1.82, 2.24) is 4.98 Å². The molecule has 0 spiro atoms. The Kier molecular flexibility index (Phi) is 3.31. The summed E-state index contributed by atoms with van der Waals surface area (Å²) in [4.78, 5) is 13.5. The van der Waals surface area contributed by atoms with Gasteiger partial charge in [-0.3, -0.25) is 4.98 Å². The van der Waals surface area contributed by atoms with E-state index in [4.69, 9.17) is 4.42 Å². The third kappa shape index (κ3) is 2.57. The van der Waals surface area contributed by atoms with E-state index in [9.17, 15) is 18.7 Å². The Morgan fingerprint density at radius 1 is 1.24 bits per heavy atom. The van der Waals surface area contributed by atoms with Gasteiger partial charge in [0.1, 0.15) is 0 Å². The molecule has 0 saturated heterocycles. The minimum atomic E-state index is -1.04. The Bertz CT molecular complexity index is 853. The molecule has 0 aliphatic carbocycles. The van der Waals surface area contributed by atoms with Crippen molar-refractivity contribution >= 4 is 11.1 Å². The average molecular weight is 291 g/mol. The average Bonchev–Trinajstić information content (AvgIpc) is 2.82. The number of hydrogen-bond donors (Lipinski definition) is 2. The zero-order chi connectivity index (χ0) is 15.0. The maximum absolute atomic E-state index is 13.6. The maximum atomic E-state index is 13.6. The number of aliphatic hydroxyl groups excluding tert-OH is 1. The second-order valence-corrected chi connectivity index (χ2v) is 4.70. The molecule has 108 valence electrons. The van der Waals surface area contributed by atoms with Crippen molar-refractivity contribution in [3.8, 4) is 0 Å². The summed E-state index contributed by atoms with van der Waals surface area (Å²) in [5.41, 5.74) is 1.34. The van der Waals surface area contributed by atoms with Crippen molar-refractivity contribution in [2.45, 2.75) is 12.5 Å². The number of aromatic nitrogens is 1. The van der Waals surface area contributed by atoms with Crippen molar-refractivity contribution < 1.29 is 18.3 Å². The number of H-pyrrole nitrogens is 1. The summed E-state index contributed by atoms with van der Waals surface area (Å²) in [7, 11) is 0. The molecular formula is C15H11F2NO3. The molecule has 0 aliphatic rings. The highest BCUT2D eigenvalue weighted by atomic mass is 19.2. The maximum Gasteiger partial charge on any atom is 0.417 e. The third-order valence-electron chi connectivity index (χ3n) is 3.27. The number of hydrogen-bond acceptors (Lipinski definition) is 3. The Hall–Kier alpha value is -2.47.